The van der Waals surface area contributed by atoms with Crippen LogP contribution in [0.25, 0.3) is 0 Å². The van der Waals surface area contributed by atoms with Gasteiger partial charge in [-0.3, -0.25) is 4.79 Å². The summed E-state index contributed by atoms with van der Waals surface area (Å²) in [5, 5.41) is 11.2. The molecule has 1 aromatic carbocycles. The minimum atomic E-state index is -0.0900. The van der Waals surface area contributed by atoms with Crippen molar-refractivity contribution < 1.29 is 14.3 Å². The van der Waals surface area contributed by atoms with Gasteiger partial charge in [-0.2, -0.15) is 0 Å². The first-order valence-electron chi connectivity index (χ1n) is 10.4. The molecule has 8 heteroatoms. The molecule has 3 heterocycles. The summed E-state index contributed by atoms with van der Waals surface area (Å²) in [6.07, 6.45) is 5.38. The number of nitrogens with zero attached hydrogens (tertiary/aromatic N) is 4. The van der Waals surface area contributed by atoms with Gasteiger partial charge in [0.05, 0.1) is 19.6 Å². The van der Waals surface area contributed by atoms with E-state index in [9.17, 15) is 4.79 Å². The molecule has 0 radical (unpaired) electrons. The van der Waals surface area contributed by atoms with Gasteiger partial charge in [0.1, 0.15) is 12.7 Å². The predicted octanol–water partition coefficient (Wildman–Crippen LogP) is 1.85. The maximum absolute atomic E-state index is 13.4. The molecule has 8 nitrogen and oxygen atoms in total. The molecule has 2 atom stereocenters. The summed E-state index contributed by atoms with van der Waals surface area (Å²) in [7, 11) is 1.65. The fourth-order valence-electron chi connectivity index (χ4n) is 4.57. The van der Waals surface area contributed by atoms with Crippen LogP contribution in [0.2, 0.25) is 0 Å². The van der Waals surface area contributed by atoms with Gasteiger partial charge in [0, 0.05) is 43.7 Å². The Balaban J connectivity index is 1.48. The zero-order valence-electron chi connectivity index (χ0n) is 17.1. The summed E-state index contributed by atoms with van der Waals surface area (Å²) in [6, 6.07) is 6.31. The lowest BCUT2D eigenvalue weighted by molar-refractivity contribution is -0.136. The molecule has 2 aliphatic rings. The highest BCUT2D eigenvalue weighted by atomic mass is 16.5. The first-order valence-corrected chi connectivity index (χ1v) is 10.4. The standard InChI is InChI=1S/C21H29N5O3/c1-3-29-20-16(5-4-6-19(20)28-2)17-11-22-12-18(17)21(27)25-9-7-15(8-10-25)26-13-23-24-14-26/h4-6,13-15,17-18,22H,3,7-12H2,1-2H3. The van der Waals surface area contributed by atoms with E-state index in [2.05, 4.69) is 21.6 Å². The number of nitrogens with one attached hydrogen (secondary N) is 1. The summed E-state index contributed by atoms with van der Waals surface area (Å²) in [4.78, 5) is 15.4. The van der Waals surface area contributed by atoms with E-state index in [0.29, 0.717) is 19.2 Å². The number of ether oxygens (including phenoxy) is 2. The molecule has 0 bridgehead atoms. The first kappa shape index (κ1) is 19.7. The summed E-state index contributed by atoms with van der Waals surface area (Å²) < 4.78 is 13.5. The van der Waals surface area contributed by atoms with Crippen LogP contribution in [-0.2, 0) is 4.79 Å². The van der Waals surface area contributed by atoms with Gasteiger partial charge in [0.2, 0.25) is 5.91 Å². The third-order valence-corrected chi connectivity index (χ3v) is 6.08. The number of hydrogen-bond donors (Lipinski definition) is 1. The largest absolute Gasteiger partial charge is 0.493 e. The van der Waals surface area contributed by atoms with Gasteiger partial charge in [-0.05, 0) is 25.8 Å². The summed E-state index contributed by atoms with van der Waals surface area (Å²) in [5.74, 6) is 1.70. The lowest BCUT2D eigenvalue weighted by atomic mass is 9.86. The van der Waals surface area contributed by atoms with E-state index in [1.807, 2.05) is 28.5 Å². The number of aromatic nitrogens is 3. The van der Waals surface area contributed by atoms with Crippen LogP contribution in [0.4, 0.5) is 0 Å². The van der Waals surface area contributed by atoms with Crippen molar-refractivity contribution in [1.29, 1.82) is 0 Å². The van der Waals surface area contributed by atoms with Crippen molar-refractivity contribution in [1.82, 2.24) is 25.0 Å². The molecule has 2 aliphatic heterocycles. The molecule has 156 valence electrons. The number of amides is 1. The second-order valence-corrected chi connectivity index (χ2v) is 7.65. The summed E-state index contributed by atoms with van der Waals surface area (Å²) in [6.45, 7) is 5.51. The van der Waals surface area contributed by atoms with Gasteiger partial charge in [-0.1, -0.05) is 12.1 Å². The second-order valence-electron chi connectivity index (χ2n) is 7.65. The van der Waals surface area contributed by atoms with E-state index < -0.39 is 0 Å². The molecule has 0 spiro atoms. The molecule has 0 aliphatic carbocycles. The topological polar surface area (TPSA) is 81.5 Å². The SMILES string of the molecule is CCOc1c(OC)cccc1C1CNCC1C(=O)N1CCC(n2cnnc2)CC1. The van der Waals surface area contributed by atoms with Crippen LogP contribution >= 0.6 is 0 Å². The molecule has 1 amide bonds. The molecule has 1 aromatic heterocycles. The minimum absolute atomic E-state index is 0.0784. The van der Waals surface area contributed by atoms with E-state index in [1.165, 1.54) is 0 Å². The Morgan fingerprint density at radius 2 is 1.97 bits per heavy atom. The third kappa shape index (κ3) is 3.94. The lowest BCUT2D eigenvalue weighted by Crippen LogP contribution is -2.43. The molecule has 2 saturated heterocycles. The van der Waals surface area contributed by atoms with E-state index in [0.717, 1.165) is 49.5 Å². The van der Waals surface area contributed by atoms with Crippen molar-refractivity contribution in [3.63, 3.8) is 0 Å². The fourth-order valence-corrected chi connectivity index (χ4v) is 4.57. The summed E-state index contributed by atoms with van der Waals surface area (Å²) >= 11 is 0. The smallest absolute Gasteiger partial charge is 0.227 e. The quantitative estimate of drug-likeness (QED) is 0.798. The van der Waals surface area contributed by atoms with Crippen molar-refractivity contribution >= 4 is 5.91 Å². The number of hydrogen-bond acceptors (Lipinski definition) is 6. The molecule has 2 aromatic rings. The van der Waals surface area contributed by atoms with Crippen LogP contribution in [0.3, 0.4) is 0 Å². The molecule has 1 N–H and O–H groups in total. The maximum Gasteiger partial charge on any atom is 0.227 e. The van der Waals surface area contributed by atoms with E-state index >= 15 is 0 Å². The third-order valence-electron chi connectivity index (χ3n) is 6.08. The Bertz CT molecular complexity index is 818. The van der Waals surface area contributed by atoms with Crippen LogP contribution in [0, 0.1) is 5.92 Å². The van der Waals surface area contributed by atoms with E-state index in [-0.39, 0.29) is 17.7 Å². The normalized spacial score (nSPS) is 22.6. The zero-order chi connectivity index (χ0) is 20.2. The maximum atomic E-state index is 13.4. The monoisotopic (exact) mass is 399 g/mol. The highest BCUT2D eigenvalue weighted by Gasteiger charge is 2.39. The van der Waals surface area contributed by atoms with Crippen LogP contribution in [-0.4, -0.2) is 65.5 Å². The van der Waals surface area contributed by atoms with E-state index in [1.54, 1.807) is 19.8 Å². The van der Waals surface area contributed by atoms with Crippen molar-refractivity contribution in [3.05, 3.63) is 36.4 Å². The van der Waals surface area contributed by atoms with Gasteiger partial charge >= 0.3 is 0 Å². The number of rotatable bonds is 6. The molecule has 0 saturated carbocycles. The number of piperidine rings is 1. The van der Waals surface area contributed by atoms with Gasteiger partial charge < -0.3 is 24.3 Å². The molecule has 4 rings (SSSR count). The van der Waals surface area contributed by atoms with Crippen LogP contribution in [0.5, 0.6) is 11.5 Å². The number of para-hydroxylation sites is 1. The second kappa shape index (κ2) is 8.82. The number of methoxy groups -OCH3 is 1. The van der Waals surface area contributed by atoms with Gasteiger partial charge in [-0.15, -0.1) is 10.2 Å². The molecular weight excluding hydrogens is 370 g/mol. The van der Waals surface area contributed by atoms with Gasteiger partial charge in [0.25, 0.3) is 0 Å². The fraction of sp³-hybridized carbons (Fsp3) is 0.571. The van der Waals surface area contributed by atoms with Crippen molar-refractivity contribution in [2.45, 2.75) is 31.7 Å². The van der Waals surface area contributed by atoms with Crippen LogP contribution < -0.4 is 14.8 Å². The zero-order valence-corrected chi connectivity index (χ0v) is 17.1. The predicted molar refractivity (Wildman–Crippen MR) is 108 cm³/mol. The Labute approximate surface area is 171 Å². The van der Waals surface area contributed by atoms with Crippen molar-refractivity contribution in [2.75, 3.05) is 39.9 Å². The van der Waals surface area contributed by atoms with Gasteiger partial charge in [0.15, 0.2) is 11.5 Å². The molecule has 2 unspecified atom stereocenters. The molecule has 29 heavy (non-hydrogen) atoms. The highest BCUT2D eigenvalue weighted by Crippen LogP contribution is 2.41. The number of likely N-dealkylation sites (tertiary alicyclic amines) is 1. The lowest BCUT2D eigenvalue weighted by Gasteiger charge is -2.35. The van der Waals surface area contributed by atoms with Crippen molar-refractivity contribution in [2.24, 2.45) is 5.92 Å². The number of benzene rings is 1. The number of carbonyl (C=O) groups excluding carboxylic acids is 1. The first-order chi connectivity index (χ1) is 14.2. The molecule has 2 fully saturated rings. The Morgan fingerprint density at radius 3 is 2.66 bits per heavy atom. The average molecular weight is 399 g/mol. The van der Waals surface area contributed by atoms with Crippen LogP contribution in [0.1, 0.15) is 37.3 Å². The molecular formula is C21H29N5O3. The highest BCUT2D eigenvalue weighted by molar-refractivity contribution is 5.81. The van der Waals surface area contributed by atoms with E-state index in [4.69, 9.17) is 9.47 Å². The van der Waals surface area contributed by atoms with Crippen molar-refractivity contribution in [3.8, 4) is 11.5 Å². The Hall–Kier alpha value is -2.61. The van der Waals surface area contributed by atoms with Crippen LogP contribution in [0.15, 0.2) is 30.9 Å². The van der Waals surface area contributed by atoms with Gasteiger partial charge in [-0.25, -0.2) is 0 Å². The number of carbonyl (C=O) groups is 1. The minimum Gasteiger partial charge on any atom is -0.493 e. The average Bonchev–Trinajstić information content (AvgIpc) is 3.46. The Morgan fingerprint density at radius 1 is 1.21 bits per heavy atom. The summed E-state index contributed by atoms with van der Waals surface area (Å²) in [5.41, 5.74) is 1.05. The Kier molecular flexibility index (Phi) is 5.99.